The Bertz CT molecular complexity index is 541. The highest BCUT2D eigenvalue weighted by Crippen LogP contribution is 2.06. The second kappa shape index (κ2) is 5.31. The molecule has 4 heteroatoms. The maximum Gasteiger partial charge on any atom is 0.253 e. The van der Waals surface area contributed by atoms with Crippen LogP contribution in [-0.4, -0.2) is 17.9 Å². The third kappa shape index (κ3) is 2.85. The Balaban J connectivity index is 2.09. The molecule has 0 spiro atoms. The van der Waals surface area contributed by atoms with Crippen molar-refractivity contribution in [3.8, 4) is 0 Å². The molecule has 1 aromatic heterocycles. The summed E-state index contributed by atoms with van der Waals surface area (Å²) in [4.78, 5) is 13.7. The third-order valence-corrected chi connectivity index (χ3v) is 2.62. The van der Waals surface area contributed by atoms with Gasteiger partial charge in [0.25, 0.3) is 5.91 Å². The molecule has 0 aliphatic rings. The lowest BCUT2D eigenvalue weighted by molar-refractivity contribution is -0.605. The second-order valence-corrected chi connectivity index (χ2v) is 4.10. The molecule has 0 radical (unpaired) electrons. The third-order valence-electron chi connectivity index (χ3n) is 2.62. The molecule has 2 aromatic rings. The minimum absolute atomic E-state index is 0.0584. The molecule has 1 amide bonds. The molecule has 0 bridgehead atoms. The molecule has 0 unspecified atom stereocenters. The standard InChI is InChI=1S/C14H14N2O2/c1-15(10-12-6-5-9-16(18)11-12)14(17)13-7-3-2-4-8-13/h2-9,11H,10H2,1H3. The van der Waals surface area contributed by atoms with Crippen LogP contribution in [0.25, 0.3) is 0 Å². The first-order valence-corrected chi connectivity index (χ1v) is 5.65. The Morgan fingerprint density at radius 2 is 1.94 bits per heavy atom. The normalized spacial score (nSPS) is 10.1. The van der Waals surface area contributed by atoms with Gasteiger partial charge in [0.15, 0.2) is 12.4 Å². The molecule has 2 rings (SSSR count). The van der Waals surface area contributed by atoms with Gasteiger partial charge >= 0.3 is 0 Å². The van der Waals surface area contributed by atoms with Crippen molar-refractivity contribution in [1.29, 1.82) is 0 Å². The number of pyridine rings is 1. The van der Waals surface area contributed by atoms with Crippen LogP contribution in [0.5, 0.6) is 0 Å². The van der Waals surface area contributed by atoms with Crippen molar-refractivity contribution in [2.24, 2.45) is 0 Å². The first kappa shape index (κ1) is 12.1. The van der Waals surface area contributed by atoms with E-state index in [4.69, 9.17) is 0 Å². The number of benzene rings is 1. The highest BCUT2D eigenvalue weighted by molar-refractivity contribution is 5.93. The summed E-state index contributed by atoms with van der Waals surface area (Å²) < 4.78 is 0.732. The molecule has 0 N–H and O–H groups in total. The summed E-state index contributed by atoms with van der Waals surface area (Å²) in [5, 5.41) is 11.1. The number of nitrogens with zero attached hydrogens (tertiary/aromatic N) is 2. The van der Waals surface area contributed by atoms with Gasteiger partial charge in [0, 0.05) is 24.2 Å². The quantitative estimate of drug-likeness (QED) is 0.606. The molecular formula is C14H14N2O2. The van der Waals surface area contributed by atoms with E-state index in [-0.39, 0.29) is 5.91 Å². The summed E-state index contributed by atoms with van der Waals surface area (Å²) >= 11 is 0. The summed E-state index contributed by atoms with van der Waals surface area (Å²) in [6.45, 7) is 0.413. The first-order valence-electron chi connectivity index (χ1n) is 5.65. The Kier molecular flexibility index (Phi) is 3.57. The van der Waals surface area contributed by atoms with Crippen LogP contribution in [0.4, 0.5) is 0 Å². The van der Waals surface area contributed by atoms with Crippen molar-refractivity contribution in [2.45, 2.75) is 6.54 Å². The van der Waals surface area contributed by atoms with Crippen LogP contribution in [0.15, 0.2) is 54.9 Å². The Hall–Kier alpha value is -2.36. The van der Waals surface area contributed by atoms with E-state index in [0.717, 1.165) is 10.3 Å². The lowest BCUT2D eigenvalue weighted by Gasteiger charge is -2.16. The molecular weight excluding hydrogens is 228 g/mol. The zero-order valence-electron chi connectivity index (χ0n) is 10.1. The highest BCUT2D eigenvalue weighted by atomic mass is 16.5. The SMILES string of the molecule is CN(Cc1ccc[n+]([O-])c1)C(=O)c1ccccc1. The molecule has 0 saturated heterocycles. The Labute approximate surface area is 106 Å². The van der Waals surface area contributed by atoms with Gasteiger partial charge in [-0.3, -0.25) is 4.79 Å². The van der Waals surface area contributed by atoms with E-state index in [9.17, 15) is 10.0 Å². The number of amides is 1. The summed E-state index contributed by atoms with van der Waals surface area (Å²) in [6.07, 6.45) is 2.89. The van der Waals surface area contributed by atoms with Gasteiger partial charge in [-0.25, -0.2) is 0 Å². The molecule has 18 heavy (non-hydrogen) atoms. The molecule has 0 aliphatic carbocycles. The van der Waals surface area contributed by atoms with Crippen LogP contribution in [0, 0.1) is 5.21 Å². The van der Waals surface area contributed by atoms with Crippen molar-refractivity contribution >= 4 is 5.91 Å². The number of carbonyl (C=O) groups excluding carboxylic acids is 1. The van der Waals surface area contributed by atoms with Crippen molar-refractivity contribution in [2.75, 3.05) is 7.05 Å². The summed E-state index contributed by atoms with van der Waals surface area (Å²) in [5.41, 5.74) is 1.45. The maximum atomic E-state index is 12.1. The summed E-state index contributed by atoms with van der Waals surface area (Å²) in [5.74, 6) is -0.0584. The van der Waals surface area contributed by atoms with Gasteiger partial charge in [-0.1, -0.05) is 18.2 Å². The predicted octanol–water partition coefficient (Wildman–Crippen LogP) is 1.59. The molecule has 0 fully saturated rings. The summed E-state index contributed by atoms with van der Waals surface area (Å²) in [7, 11) is 1.72. The zero-order chi connectivity index (χ0) is 13.0. The Morgan fingerprint density at radius 3 is 2.61 bits per heavy atom. The fraction of sp³-hybridized carbons (Fsp3) is 0.143. The number of aromatic nitrogens is 1. The summed E-state index contributed by atoms with van der Waals surface area (Å²) in [6, 6.07) is 12.6. The van der Waals surface area contributed by atoms with E-state index in [2.05, 4.69) is 0 Å². The van der Waals surface area contributed by atoms with Crippen LogP contribution in [-0.2, 0) is 6.54 Å². The minimum atomic E-state index is -0.0584. The van der Waals surface area contributed by atoms with Gasteiger partial charge in [-0.2, -0.15) is 4.73 Å². The topological polar surface area (TPSA) is 47.2 Å². The monoisotopic (exact) mass is 242 g/mol. The van der Waals surface area contributed by atoms with Crippen molar-refractivity contribution < 1.29 is 9.52 Å². The van der Waals surface area contributed by atoms with Gasteiger partial charge in [0.2, 0.25) is 0 Å². The van der Waals surface area contributed by atoms with Gasteiger partial charge < -0.3 is 10.1 Å². The molecule has 92 valence electrons. The predicted molar refractivity (Wildman–Crippen MR) is 67.6 cm³/mol. The van der Waals surface area contributed by atoms with Crippen molar-refractivity contribution in [3.05, 3.63) is 71.2 Å². The molecule has 0 aliphatic heterocycles. The molecule has 0 atom stereocenters. The van der Waals surface area contributed by atoms with E-state index >= 15 is 0 Å². The lowest BCUT2D eigenvalue weighted by atomic mass is 10.2. The van der Waals surface area contributed by atoms with Crippen LogP contribution in [0.3, 0.4) is 0 Å². The fourth-order valence-corrected chi connectivity index (χ4v) is 1.74. The number of hydrogen-bond donors (Lipinski definition) is 0. The van der Waals surface area contributed by atoms with Gasteiger partial charge in [-0.15, -0.1) is 0 Å². The van der Waals surface area contributed by atoms with E-state index in [0.29, 0.717) is 12.1 Å². The fourth-order valence-electron chi connectivity index (χ4n) is 1.74. The molecule has 0 saturated carbocycles. The maximum absolute atomic E-state index is 12.1. The van der Waals surface area contributed by atoms with Crippen molar-refractivity contribution in [3.63, 3.8) is 0 Å². The van der Waals surface area contributed by atoms with Crippen LogP contribution >= 0.6 is 0 Å². The second-order valence-electron chi connectivity index (χ2n) is 4.10. The smallest absolute Gasteiger partial charge is 0.253 e. The van der Waals surface area contributed by atoms with Gasteiger partial charge in [0.1, 0.15) is 0 Å². The average molecular weight is 242 g/mol. The molecule has 1 heterocycles. The van der Waals surface area contributed by atoms with Gasteiger partial charge in [-0.05, 0) is 18.2 Å². The van der Waals surface area contributed by atoms with Crippen molar-refractivity contribution in [1.82, 2.24) is 4.90 Å². The number of rotatable bonds is 3. The molecule has 4 nitrogen and oxygen atoms in total. The van der Waals surface area contributed by atoms with Crippen LogP contribution in [0.2, 0.25) is 0 Å². The largest absolute Gasteiger partial charge is 0.619 e. The minimum Gasteiger partial charge on any atom is -0.619 e. The van der Waals surface area contributed by atoms with Gasteiger partial charge in [0.05, 0.1) is 6.54 Å². The molecule has 1 aromatic carbocycles. The number of carbonyl (C=O) groups is 1. The average Bonchev–Trinajstić information content (AvgIpc) is 2.39. The van der Waals surface area contributed by atoms with E-state index in [1.807, 2.05) is 24.3 Å². The van der Waals surface area contributed by atoms with E-state index in [1.165, 1.54) is 12.4 Å². The van der Waals surface area contributed by atoms with E-state index < -0.39 is 0 Å². The number of hydrogen-bond acceptors (Lipinski definition) is 2. The van der Waals surface area contributed by atoms with Crippen LogP contribution in [0.1, 0.15) is 15.9 Å². The lowest BCUT2D eigenvalue weighted by Crippen LogP contribution is -2.29. The van der Waals surface area contributed by atoms with E-state index in [1.54, 1.807) is 30.1 Å². The highest BCUT2D eigenvalue weighted by Gasteiger charge is 2.12. The van der Waals surface area contributed by atoms with Crippen LogP contribution < -0.4 is 4.73 Å². The Morgan fingerprint density at radius 1 is 1.22 bits per heavy atom. The first-order chi connectivity index (χ1) is 8.66. The zero-order valence-corrected chi connectivity index (χ0v) is 10.1.